The fraction of sp³-hybridized carbons (Fsp3) is 0.217. The van der Waals surface area contributed by atoms with E-state index in [-0.39, 0.29) is 24.8 Å². The molecule has 0 atom stereocenters. The normalized spacial score (nSPS) is 12.7. The summed E-state index contributed by atoms with van der Waals surface area (Å²) in [6, 6.07) is 16.8. The van der Waals surface area contributed by atoms with Crippen molar-refractivity contribution in [3.8, 4) is 22.5 Å². The van der Waals surface area contributed by atoms with E-state index in [4.69, 9.17) is 20.3 Å². The summed E-state index contributed by atoms with van der Waals surface area (Å²) in [5.41, 5.74) is 12.5. The van der Waals surface area contributed by atoms with Gasteiger partial charge in [-0.1, -0.05) is 24.3 Å². The SMILES string of the molecule is Cn1cc(Nc2nccc(-c3ccc(CN)c(F)c3)n2)cn1.Cn1cc(Nc2nccc(-c3ccc(CNC(=O)c4cc5c(s4)CCOC5)c(F)c3)n2)cn1.O=C(O)c1cc2c(s1)CCOC2. The number of fused-ring (bicyclic) bond motifs is 2. The summed E-state index contributed by atoms with van der Waals surface area (Å²) in [5.74, 6) is -0.975. The quantitative estimate of drug-likeness (QED) is 0.0845. The Bertz CT molecular complexity index is 2980. The Hall–Kier alpha value is -7.30. The van der Waals surface area contributed by atoms with E-state index in [1.54, 1.807) is 82.8 Å². The Balaban J connectivity index is 0.000000153. The number of aryl methyl sites for hydroxylation is 2. The topological polar surface area (TPSA) is 222 Å². The molecule has 8 aromatic rings. The van der Waals surface area contributed by atoms with Crippen LogP contribution in [0.1, 0.15) is 51.4 Å². The average Bonchev–Trinajstić information content (AvgIpc) is 4.16. The van der Waals surface area contributed by atoms with Gasteiger partial charge in [-0.15, -0.1) is 22.7 Å². The lowest BCUT2D eigenvalue weighted by Gasteiger charge is -2.10. The molecule has 6 N–H and O–H groups in total. The van der Waals surface area contributed by atoms with Gasteiger partial charge in [0, 0.05) is 96.8 Å². The molecule has 2 aromatic carbocycles. The predicted octanol–water partition coefficient (Wildman–Crippen LogP) is 7.56. The average molecular weight is 947 g/mol. The van der Waals surface area contributed by atoms with Crippen LogP contribution in [-0.4, -0.2) is 69.7 Å². The number of carbonyl (C=O) groups is 2. The number of ether oxygens (including phenoxy) is 2. The Morgan fingerprint density at radius 3 is 1.70 bits per heavy atom. The smallest absolute Gasteiger partial charge is 0.345 e. The summed E-state index contributed by atoms with van der Waals surface area (Å²) in [6.45, 7) is 2.77. The van der Waals surface area contributed by atoms with Crippen molar-refractivity contribution in [1.29, 1.82) is 0 Å². The molecule has 10 rings (SSSR count). The molecule has 8 heterocycles. The number of carboxylic acid groups (broad SMARTS) is 1. The van der Waals surface area contributed by atoms with Crippen LogP contribution >= 0.6 is 22.7 Å². The lowest BCUT2D eigenvalue weighted by atomic mass is 10.1. The van der Waals surface area contributed by atoms with Gasteiger partial charge in [-0.3, -0.25) is 14.2 Å². The predicted molar refractivity (Wildman–Crippen MR) is 249 cm³/mol. The summed E-state index contributed by atoms with van der Waals surface area (Å²) >= 11 is 2.84. The molecule has 21 heteroatoms. The molecule has 6 aromatic heterocycles. The van der Waals surface area contributed by atoms with Crippen molar-refractivity contribution in [2.75, 3.05) is 23.8 Å². The van der Waals surface area contributed by atoms with Crippen LogP contribution in [0, 0.1) is 11.6 Å². The Kier molecular flexibility index (Phi) is 14.7. The van der Waals surface area contributed by atoms with Gasteiger partial charge in [-0.05, 0) is 47.5 Å². The number of carbonyl (C=O) groups excluding carboxylic acids is 1. The van der Waals surface area contributed by atoms with Crippen molar-refractivity contribution < 1.29 is 33.0 Å². The van der Waals surface area contributed by atoms with Crippen LogP contribution in [0.25, 0.3) is 22.5 Å². The van der Waals surface area contributed by atoms with Crippen molar-refractivity contribution in [1.82, 2.24) is 44.8 Å². The minimum absolute atomic E-state index is 0.0988. The zero-order chi connectivity index (χ0) is 46.9. The number of thiophene rings is 2. The van der Waals surface area contributed by atoms with Gasteiger partial charge in [-0.2, -0.15) is 10.2 Å². The lowest BCUT2D eigenvalue weighted by molar-refractivity contribution is 0.0701. The maximum Gasteiger partial charge on any atom is 0.345 e. The number of amides is 1. The maximum absolute atomic E-state index is 14.8. The van der Waals surface area contributed by atoms with E-state index in [1.807, 2.05) is 26.4 Å². The Labute approximate surface area is 390 Å². The first kappa shape index (κ1) is 46.2. The van der Waals surface area contributed by atoms with Crippen molar-refractivity contribution in [3.05, 3.63) is 151 Å². The van der Waals surface area contributed by atoms with Crippen LogP contribution in [-0.2, 0) is 62.7 Å². The van der Waals surface area contributed by atoms with Gasteiger partial charge in [0.1, 0.15) is 16.5 Å². The van der Waals surface area contributed by atoms with E-state index in [0.717, 1.165) is 35.3 Å². The second kappa shape index (κ2) is 21.3. The van der Waals surface area contributed by atoms with Gasteiger partial charge in [-0.25, -0.2) is 33.5 Å². The number of nitrogens with one attached hydrogen (secondary N) is 3. The number of carboxylic acids is 1. The fourth-order valence-electron chi connectivity index (χ4n) is 6.89. The van der Waals surface area contributed by atoms with Crippen molar-refractivity contribution in [3.63, 3.8) is 0 Å². The summed E-state index contributed by atoms with van der Waals surface area (Å²) in [5, 5.41) is 25.8. The second-order valence-electron chi connectivity index (χ2n) is 15.1. The first-order valence-electron chi connectivity index (χ1n) is 20.8. The molecule has 344 valence electrons. The van der Waals surface area contributed by atoms with Crippen LogP contribution in [0.4, 0.5) is 32.1 Å². The van der Waals surface area contributed by atoms with Crippen molar-refractivity contribution in [2.45, 2.75) is 39.1 Å². The van der Waals surface area contributed by atoms with Gasteiger partial charge in [0.15, 0.2) is 0 Å². The van der Waals surface area contributed by atoms with Crippen LogP contribution in [0.5, 0.6) is 0 Å². The molecule has 67 heavy (non-hydrogen) atoms. The number of hydrogen-bond donors (Lipinski definition) is 5. The molecule has 0 saturated carbocycles. The van der Waals surface area contributed by atoms with E-state index in [9.17, 15) is 18.4 Å². The number of hydrogen-bond acceptors (Lipinski definition) is 15. The molecular formula is C46H44F2N12O5S2. The van der Waals surface area contributed by atoms with Crippen LogP contribution in [0.2, 0.25) is 0 Å². The number of nitrogens with zero attached hydrogens (tertiary/aromatic N) is 8. The molecule has 0 radical (unpaired) electrons. The van der Waals surface area contributed by atoms with E-state index in [0.29, 0.717) is 81.7 Å². The molecule has 0 bridgehead atoms. The van der Waals surface area contributed by atoms with E-state index >= 15 is 0 Å². The molecule has 1 amide bonds. The number of anilines is 4. The highest BCUT2D eigenvalue weighted by molar-refractivity contribution is 7.14. The molecule has 0 saturated heterocycles. The number of halogens is 2. The first-order valence-corrected chi connectivity index (χ1v) is 22.5. The van der Waals surface area contributed by atoms with Crippen molar-refractivity contribution >= 4 is 57.8 Å². The van der Waals surface area contributed by atoms with E-state index < -0.39 is 11.8 Å². The zero-order valence-corrected chi connectivity index (χ0v) is 37.8. The summed E-state index contributed by atoms with van der Waals surface area (Å²) in [4.78, 5) is 43.7. The largest absolute Gasteiger partial charge is 0.477 e. The van der Waals surface area contributed by atoms with Crippen LogP contribution < -0.4 is 21.7 Å². The number of aromatic carboxylic acids is 1. The Morgan fingerprint density at radius 1 is 0.731 bits per heavy atom. The van der Waals surface area contributed by atoms with Gasteiger partial charge in [0.2, 0.25) is 11.9 Å². The highest BCUT2D eigenvalue weighted by atomic mass is 32.1. The Morgan fingerprint density at radius 2 is 1.24 bits per heavy atom. The minimum atomic E-state index is -0.839. The summed E-state index contributed by atoms with van der Waals surface area (Å²) in [6.07, 6.45) is 11.9. The maximum atomic E-state index is 14.8. The molecule has 2 aliphatic rings. The van der Waals surface area contributed by atoms with E-state index in [2.05, 4.69) is 46.1 Å². The first-order chi connectivity index (χ1) is 32.5. The number of rotatable bonds is 11. The highest BCUT2D eigenvalue weighted by Crippen LogP contribution is 2.29. The van der Waals surface area contributed by atoms with Crippen molar-refractivity contribution in [2.24, 2.45) is 19.8 Å². The lowest BCUT2D eigenvalue weighted by Crippen LogP contribution is -2.22. The monoisotopic (exact) mass is 946 g/mol. The fourth-order valence-corrected chi connectivity index (χ4v) is 8.94. The van der Waals surface area contributed by atoms with Gasteiger partial charge >= 0.3 is 5.97 Å². The molecule has 0 aliphatic carbocycles. The summed E-state index contributed by atoms with van der Waals surface area (Å²) in [7, 11) is 3.64. The zero-order valence-electron chi connectivity index (χ0n) is 36.2. The highest BCUT2D eigenvalue weighted by Gasteiger charge is 2.19. The number of nitrogens with two attached hydrogens (primary N) is 1. The third kappa shape index (κ3) is 11.9. The molecule has 17 nitrogen and oxygen atoms in total. The van der Waals surface area contributed by atoms with E-state index in [1.165, 1.54) is 44.6 Å². The molecule has 0 unspecified atom stereocenters. The minimum Gasteiger partial charge on any atom is -0.477 e. The molecule has 0 fully saturated rings. The molecular weight excluding hydrogens is 903 g/mol. The third-order valence-electron chi connectivity index (χ3n) is 10.3. The third-order valence-corrected chi connectivity index (χ3v) is 12.7. The van der Waals surface area contributed by atoms with Crippen LogP contribution in [0.3, 0.4) is 0 Å². The second-order valence-corrected chi connectivity index (χ2v) is 17.4. The standard InChI is InChI=1S/C23H21FN6O2S.C15H15FN6.C8H8O3S/c1-30-12-17(11-27-30)28-23-25-6-4-19(29-23)14-2-3-15(18(24)8-14)10-26-22(31)21-9-16-13-32-7-5-20(16)33-21;1-22-9-12(8-19-22)20-15-18-5-4-14(21-15)10-2-3-11(7-17)13(16)6-10;9-8(10)7-3-5-4-11-2-1-6(5)12-7/h2-4,6,8-9,11-12H,5,7,10,13H2,1H3,(H,26,31)(H,25,28,29);2-6,8-9H,7,17H2,1H3,(H,18,20,21);3H,1-2,4H2,(H,9,10). The molecule has 0 spiro atoms. The van der Waals surface area contributed by atoms with Gasteiger partial charge in [0.25, 0.3) is 5.91 Å². The number of benzene rings is 2. The van der Waals surface area contributed by atoms with Gasteiger partial charge < -0.3 is 36.3 Å². The number of aromatic nitrogens is 8. The molecule has 2 aliphatic heterocycles. The van der Waals surface area contributed by atoms with Crippen LogP contribution in [0.15, 0.2) is 97.8 Å². The van der Waals surface area contributed by atoms with Gasteiger partial charge in [0.05, 0.1) is 66.5 Å². The summed E-state index contributed by atoms with van der Waals surface area (Å²) < 4.78 is 42.6.